The van der Waals surface area contributed by atoms with E-state index in [1.165, 1.54) is 24.6 Å². The Bertz CT molecular complexity index is 1590. The minimum absolute atomic E-state index is 0.0880. The van der Waals surface area contributed by atoms with Crippen LogP contribution in [0, 0.1) is 11.6 Å². The minimum atomic E-state index is -0.777. The molecule has 1 aromatic heterocycles. The zero-order valence-electron chi connectivity index (χ0n) is 22.9. The van der Waals surface area contributed by atoms with Gasteiger partial charge in [-0.15, -0.1) is 0 Å². The van der Waals surface area contributed by atoms with Crippen LogP contribution in [-0.4, -0.2) is 77.2 Å². The van der Waals surface area contributed by atoms with E-state index in [-0.39, 0.29) is 46.5 Å². The summed E-state index contributed by atoms with van der Waals surface area (Å²) in [4.78, 5) is 36.7. The normalized spacial score (nSPS) is 21.2. The van der Waals surface area contributed by atoms with Crippen LogP contribution in [0.1, 0.15) is 32.2 Å². The van der Waals surface area contributed by atoms with Crippen molar-refractivity contribution in [2.45, 2.75) is 38.3 Å². The van der Waals surface area contributed by atoms with Gasteiger partial charge in [0.1, 0.15) is 24.1 Å². The van der Waals surface area contributed by atoms with Crippen molar-refractivity contribution in [3.63, 3.8) is 0 Å². The molecule has 8 nitrogen and oxygen atoms in total. The third-order valence-corrected chi connectivity index (χ3v) is 8.68. The number of aromatic nitrogens is 2. The van der Waals surface area contributed by atoms with Gasteiger partial charge in [0.15, 0.2) is 5.75 Å². The third-order valence-electron chi connectivity index (χ3n) is 8.39. The first-order chi connectivity index (χ1) is 19.8. The van der Waals surface area contributed by atoms with Crippen molar-refractivity contribution < 1.29 is 18.3 Å². The molecule has 2 atom stereocenters. The van der Waals surface area contributed by atoms with Gasteiger partial charge in [0.25, 0.3) is 0 Å². The highest BCUT2D eigenvalue weighted by Gasteiger charge is 2.35. The summed E-state index contributed by atoms with van der Waals surface area (Å²) < 4.78 is 36.9. The Morgan fingerprint density at radius 3 is 2.66 bits per heavy atom. The van der Waals surface area contributed by atoms with E-state index in [4.69, 9.17) is 16.3 Å². The van der Waals surface area contributed by atoms with E-state index in [9.17, 15) is 14.0 Å². The zero-order valence-corrected chi connectivity index (χ0v) is 23.7. The number of carbonyl (C=O) groups excluding carboxylic acids is 1. The fraction of sp³-hybridized carbons (Fsp3) is 0.433. The van der Waals surface area contributed by atoms with Crippen LogP contribution in [-0.2, 0) is 4.79 Å². The van der Waals surface area contributed by atoms with Crippen molar-refractivity contribution in [3.05, 3.63) is 64.1 Å². The van der Waals surface area contributed by atoms with Crippen LogP contribution in [0.2, 0.25) is 5.02 Å². The highest BCUT2D eigenvalue weighted by atomic mass is 35.5. The van der Waals surface area contributed by atoms with Crippen LogP contribution in [0.4, 0.5) is 14.6 Å². The number of ether oxygens (including phenoxy) is 1. The standard InChI is InChI=1S/C30H32ClF2N5O3/c1-3-25(39)36-11-12-37(18(2)15-36)29-22-14-23(31)26(21-8-7-19(32)13-24(21)33)28-27(22)38(30(40)34-29)20(17-41-28)16-35-9-5-4-6-10-35/h3,7-8,13-14,18,20H,1,4-6,9-12,15-17H2,2H3/t18-,20?/m0/s1. The SMILES string of the molecule is C=CC(=O)N1CCN(c2nc(=O)n3c4c(c(-c5ccc(F)cc5F)c(Cl)cc24)OCC3CN2CCCCC2)[C@@H](C)C1. The Morgan fingerprint density at radius 2 is 1.95 bits per heavy atom. The van der Waals surface area contributed by atoms with Crippen molar-refractivity contribution in [1.82, 2.24) is 19.4 Å². The Hall–Kier alpha value is -3.50. The van der Waals surface area contributed by atoms with Gasteiger partial charge in [-0.05, 0) is 57.1 Å². The number of piperidine rings is 1. The van der Waals surface area contributed by atoms with Gasteiger partial charge in [-0.25, -0.2) is 13.6 Å². The lowest BCUT2D eigenvalue weighted by Crippen LogP contribution is -2.54. The quantitative estimate of drug-likeness (QED) is 0.408. The molecule has 1 unspecified atom stereocenters. The molecule has 216 valence electrons. The molecule has 1 amide bonds. The first-order valence-electron chi connectivity index (χ1n) is 14.0. The van der Waals surface area contributed by atoms with Crippen molar-refractivity contribution in [2.24, 2.45) is 0 Å². The number of hydrogen-bond acceptors (Lipinski definition) is 6. The van der Waals surface area contributed by atoms with Gasteiger partial charge in [0.2, 0.25) is 5.91 Å². The topological polar surface area (TPSA) is 70.9 Å². The predicted octanol–water partition coefficient (Wildman–Crippen LogP) is 4.64. The van der Waals surface area contributed by atoms with E-state index in [0.29, 0.717) is 42.9 Å². The summed E-state index contributed by atoms with van der Waals surface area (Å²) in [5, 5.41) is 0.809. The molecular weight excluding hydrogens is 552 g/mol. The molecule has 2 fully saturated rings. The van der Waals surface area contributed by atoms with Gasteiger partial charge in [0, 0.05) is 54.8 Å². The number of likely N-dealkylation sites (tertiary alicyclic amines) is 1. The van der Waals surface area contributed by atoms with Crippen LogP contribution in [0.15, 0.2) is 41.7 Å². The maximum absolute atomic E-state index is 15.1. The number of benzene rings is 2. The summed E-state index contributed by atoms with van der Waals surface area (Å²) in [6.45, 7) is 9.59. The molecule has 0 saturated carbocycles. The monoisotopic (exact) mass is 583 g/mol. The van der Waals surface area contributed by atoms with Gasteiger partial charge >= 0.3 is 5.69 Å². The molecule has 0 spiro atoms. The van der Waals surface area contributed by atoms with E-state index in [0.717, 1.165) is 32.0 Å². The van der Waals surface area contributed by atoms with Crippen LogP contribution < -0.4 is 15.3 Å². The number of hydrogen-bond donors (Lipinski definition) is 0. The molecule has 2 aromatic carbocycles. The first kappa shape index (κ1) is 27.7. The molecular formula is C30H32ClF2N5O3. The minimum Gasteiger partial charge on any atom is -0.488 e. The molecule has 0 bridgehead atoms. The maximum atomic E-state index is 15.1. The number of rotatable bonds is 5. The zero-order chi connectivity index (χ0) is 28.8. The molecule has 11 heteroatoms. The molecule has 4 heterocycles. The molecule has 41 heavy (non-hydrogen) atoms. The van der Waals surface area contributed by atoms with E-state index in [1.807, 2.05) is 11.8 Å². The lowest BCUT2D eigenvalue weighted by Gasteiger charge is -2.41. The van der Waals surface area contributed by atoms with Crippen LogP contribution in [0.3, 0.4) is 0 Å². The second-order valence-corrected chi connectivity index (χ2v) is 11.4. The summed E-state index contributed by atoms with van der Waals surface area (Å²) >= 11 is 6.83. The maximum Gasteiger partial charge on any atom is 0.350 e. The highest BCUT2D eigenvalue weighted by Crippen LogP contribution is 2.47. The Morgan fingerprint density at radius 1 is 1.17 bits per heavy atom. The Balaban J connectivity index is 1.53. The molecule has 6 rings (SSSR count). The van der Waals surface area contributed by atoms with E-state index < -0.39 is 17.3 Å². The lowest BCUT2D eigenvalue weighted by atomic mass is 9.99. The first-order valence-corrected chi connectivity index (χ1v) is 14.4. The van der Waals surface area contributed by atoms with Crippen molar-refractivity contribution >= 4 is 34.2 Å². The molecule has 0 aliphatic carbocycles. The van der Waals surface area contributed by atoms with E-state index >= 15 is 4.39 Å². The summed E-state index contributed by atoms with van der Waals surface area (Å²) in [6, 6.07) is 4.55. The van der Waals surface area contributed by atoms with Gasteiger partial charge in [-0.2, -0.15) is 4.98 Å². The van der Waals surface area contributed by atoms with Gasteiger partial charge in [-0.3, -0.25) is 9.36 Å². The number of carbonyl (C=O) groups is 1. The lowest BCUT2D eigenvalue weighted by molar-refractivity contribution is -0.126. The summed E-state index contributed by atoms with van der Waals surface area (Å²) in [5.74, 6) is -0.908. The molecule has 0 radical (unpaired) electrons. The van der Waals surface area contributed by atoms with Crippen molar-refractivity contribution in [3.8, 4) is 16.9 Å². The van der Waals surface area contributed by atoms with Crippen molar-refractivity contribution in [2.75, 3.05) is 50.8 Å². The molecule has 3 aliphatic heterocycles. The van der Waals surface area contributed by atoms with Crippen LogP contribution >= 0.6 is 11.6 Å². The van der Waals surface area contributed by atoms with Gasteiger partial charge in [-0.1, -0.05) is 24.6 Å². The molecule has 2 saturated heterocycles. The van der Waals surface area contributed by atoms with Crippen LogP contribution in [0.25, 0.3) is 22.0 Å². The second kappa shape index (κ2) is 11.1. The number of anilines is 1. The fourth-order valence-electron chi connectivity index (χ4n) is 6.40. The number of amides is 1. The number of nitrogens with zero attached hydrogens (tertiary/aromatic N) is 5. The highest BCUT2D eigenvalue weighted by molar-refractivity contribution is 6.35. The summed E-state index contributed by atoms with van der Waals surface area (Å²) in [5.41, 5.74) is 0.426. The van der Waals surface area contributed by atoms with E-state index in [1.54, 1.807) is 15.5 Å². The summed E-state index contributed by atoms with van der Waals surface area (Å²) in [7, 11) is 0. The van der Waals surface area contributed by atoms with Crippen molar-refractivity contribution in [1.29, 1.82) is 0 Å². The number of halogens is 3. The Kier molecular flexibility index (Phi) is 7.46. The van der Waals surface area contributed by atoms with Gasteiger partial charge < -0.3 is 19.4 Å². The number of piperazine rings is 1. The predicted molar refractivity (Wildman–Crippen MR) is 155 cm³/mol. The molecule has 3 aromatic rings. The molecule has 3 aliphatic rings. The third kappa shape index (κ3) is 4.97. The van der Waals surface area contributed by atoms with Crippen LogP contribution in [0.5, 0.6) is 5.75 Å². The largest absolute Gasteiger partial charge is 0.488 e. The van der Waals surface area contributed by atoms with E-state index in [2.05, 4.69) is 16.5 Å². The second-order valence-electron chi connectivity index (χ2n) is 11.0. The average Bonchev–Trinajstić information content (AvgIpc) is 2.96. The van der Waals surface area contributed by atoms with Gasteiger partial charge in [0.05, 0.1) is 16.6 Å². The summed E-state index contributed by atoms with van der Waals surface area (Å²) in [6.07, 6.45) is 4.70. The molecule has 0 N–H and O–H groups in total. The smallest absolute Gasteiger partial charge is 0.350 e. The fourth-order valence-corrected chi connectivity index (χ4v) is 6.69. The average molecular weight is 584 g/mol. The Labute approximate surface area is 241 Å².